The van der Waals surface area contributed by atoms with Crippen LogP contribution in [0.4, 0.5) is 5.69 Å². The molecule has 0 atom stereocenters. The third-order valence-electron chi connectivity index (χ3n) is 5.66. The van der Waals surface area contributed by atoms with Gasteiger partial charge in [0.25, 0.3) is 5.52 Å². The van der Waals surface area contributed by atoms with Crippen molar-refractivity contribution in [3.63, 3.8) is 0 Å². The molecule has 0 fully saturated rings. The zero-order valence-electron chi connectivity index (χ0n) is 16.9. The Morgan fingerprint density at radius 3 is 2.45 bits per heavy atom. The molecule has 0 saturated heterocycles. The summed E-state index contributed by atoms with van der Waals surface area (Å²) in [6.07, 6.45) is 4.44. The van der Waals surface area contributed by atoms with Gasteiger partial charge in [0.15, 0.2) is 6.54 Å². The third-order valence-corrected chi connectivity index (χ3v) is 5.66. The molecule has 3 nitrogen and oxygen atoms in total. The summed E-state index contributed by atoms with van der Waals surface area (Å²) in [5, 5.41) is 0. The number of anilines is 1. The van der Waals surface area contributed by atoms with Gasteiger partial charge in [-0.2, -0.15) is 4.57 Å². The summed E-state index contributed by atoms with van der Waals surface area (Å²) in [4.78, 5) is 2.12. The number of hydrogen-bond acceptors (Lipinski definition) is 2. The Kier molecular flexibility index (Phi) is 4.44. The van der Waals surface area contributed by atoms with E-state index in [0.29, 0.717) is 0 Å². The summed E-state index contributed by atoms with van der Waals surface area (Å²) in [5.74, 6) is 0.994. The highest BCUT2D eigenvalue weighted by molar-refractivity contribution is 5.82. The van der Waals surface area contributed by atoms with Crippen LogP contribution in [0.15, 0.2) is 77.2 Å². The number of rotatable bonds is 3. The molecule has 5 rings (SSSR count). The van der Waals surface area contributed by atoms with Crippen molar-refractivity contribution in [2.24, 2.45) is 0 Å². The van der Waals surface area contributed by atoms with E-state index >= 15 is 0 Å². The van der Waals surface area contributed by atoms with E-state index < -0.39 is 0 Å². The molecule has 144 valence electrons. The van der Waals surface area contributed by atoms with Crippen LogP contribution in [-0.4, -0.2) is 14.1 Å². The first-order valence-electron chi connectivity index (χ1n) is 10.2. The first-order valence-corrected chi connectivity index (χ1v) is 10.2. The molecular formula is C26H25N2O+. The average molecular weight is 381 g/mol. The highest BCUT2D eigenvalue weighted by Gasteiger charge is 2.30. The molecule has 3 aromatic carbocycles. The Bertz CT molecular complexity index is 1180. The number of allylic oxidation sites excluding steroid dienone is 1. The largest absolute Gasteiger partial charge is 0.398 e. The van der Waals surface area contributed by atoms with E-state index in [2.05, 4.69) is 102 Å². The van der Waals surface area contributed by atoms with Crippen LogP contribution in [-0.2, 0) is 6.54 Å². The number of benzene rings is 3. The van der Waals surface area contributed by atoms with Gasteiger partial charge in [0.1, 0.15) is 0 Å². The highest BCUT2D eigenvalue weighted by atomic mass is 16.4. The van der Waals surface area contributed by atoms with Gasteiger partial charge in [0.05, 0.1) is 5.57 Å². The van der Waals surface area contributed by atoms with Gasteiger partial charge in [-0.05, 0) is 47.4 Å². The van der Waals surface area contributed by atoms with Gasteiger partial charge in [-0.1, -0.05) is 48.5 Å². The van der Waals surface area contributed by atoms with Crippen molar-refractivity contribution < 1.29 is 8.98 Å². The summed E-state index contributed by atoms with van der Waals surface area (Å²) >= 11 is 0. The van der Waals surface area contributed by atoms with Crippen LogP contribution in [0.25, 0.3) is 33.9 Å². The maximum atomic E-state index is 6.31. The first kappa shape index (κ1) is 17.7. The van der Waals surface area contributed by atoms with Crippen molar-refractivity contribution in [1.29, 1.82) is 0 Å². The molecule has 0 aliphatic carbocycles. The zero-order chi connectivity index (χ0) is 19.8. The van der Waals surface area contributed by atoms with Crippen LogP contribution >= 0.6 is 0 Å². The van der Waals surface area contributed by atoms with Crippen molar-refractivity contribution in [2.75, 3.05) is 19.0 Å². The number of nitrogens with zero attached hydrogens (tertiary/aromatic N) is 2. The zero-order valence-corrected chi connectivity index (χ0v) is 16.9. The average Bonchev–Trinajstić information content (AvgIpc) is 3.14. The van der Waals surface area contributed by atoms with E-state index in [4.69, 9.17) is 4.42 Å². The molecule has 1 aliphatic heterocycles. The van der Waals surface area contributed by atoms with E-state index in [1.165, 1.54) is 33.5 Å². The Hall–Kier alpha value is -3.33. The first-order chi connectivity index (χ1) is 14.2. The lowest BCUT2D eigenvalue weighted by molar-refractivity contribution is -0.682. The number of aromatic nitrogens is 1. The van der Waals surface area contributed by atoms with Gasteiger partial charge >= 0.3 is 5.89 Å². The molecule has 4 aromatic rings. The van der Waals surface area contributed by atoms with Crippen LogP contribution in [0.3, 0.4) is 0 Å². The smallest absolute Gasteiger partial charge is 0.377 e. The van der Waals surface area contributed by atoms with Gasteiger partial charge in [-0.15, -0.1) is 0 Å². The summed E-state index contributed by atoms with van der Waals surface area (Å²) in [6.45, 7) is 0.998. The lowest BCUT2D eigenvalue weighted by atomic mass is 10.0. The fourth-order valence-electron chi connectivity index (χ4n) is 4.09. The molecule has 0 amide bonds. The van der Waals surface area contributed by atoms with E-state index in [9.17, 15) is 0 Å². The number of aryl methyl sites for hydroxylation is 1. The molecule has 0 N–H and O–H groups in total. The third kappa shape index (κ3) is 3.33. The summed E-state index contributed by atoms with van der Waals surface area (Å²) in [7, 11) is 4.13. The second kappa shape index (κ2) is 7.25. The summed E-state index contributed by atoms with van der Waals surface area (Å²) in [6, 6.07) is 25.7. The maximum absolute atomic E-state index is 6.31. The monoisotopic (exact) mass is 381 g/mol. The topological polar surface area (TPSA) is 20.3 Å². The quantitative estimate of drug-likeness (QED) is 0.419. The molecule has 2 heterocycles. The SMILES string of the molecule is CN(C)c1ccc(C=C2CCC[n+]3c2oc2ccc(-c4ccccc4)cc23)cc1. The number of oxazole rings is 1. The summed E-state index contributed by atoms with van der Waals surface area (Å²) < 4.78 is 8.65. The predicted molar refractivity (Wildman–Crippen MR) is 120 cm³/mol. The standard InChI is InChI=1S/C26H25N2O/c1-27(2)23-13-10-19(11-14-23)17-22-9-6-16-28-24-18-21(20-7-4-3-5-8-20)12-15-25(24)29-26(22)28/h3-5,7-8,10-15,17-18H,6,9,16H2,1-2H3/q+1. The van der Waals surface area contributed by atoms with Gasteiger partial charge in [-0.3, -0.25) is 0 Å². The number of hydrogen-bond donors (Lipinski definition) is 0. The molecule has 0 saturated carbocycles. The molecule has 3 heteroatoms. The fraction of sp³-hybridized carbons (Fsp3) is 0.192. The lowest BCUT2D eigenvalue weighted by Gasteiger charge is -2.12. The normalized spacial score (nSPS) is 14.9. The predicted octanol–water partition coefficient (Wildman–Crippen LogP) is 5.79. The molecule has 0 spiro atoms. The van der Waals surface area contributed by atoms with Crippen LogP contribution in [0, 0.1) is 0 Å². The minimum Gasteiger partial charge on any atom is -0.398 e. The van der Waals surface area contributed by atoms with Crippen molar-refractivity contribution in [3.8, 4) is 11.1 Å². The summed E-state index contributed by atoms with van der Waals surface area (Å²) in [5.41, 5.74) is 8.28. The Labute approximate surface area is 171 Å². The van der Waals surface area contributed by atoms with Crippen molar-refractivity contribution in [2.45, 2.75) is 19.4 Å². The van der Waals surface area contributed by atoms with Crippen molar-refractivity contribution >= 4 is 28.4 Å². The van der Waals surface area contributed by atoms with Gasteiger partial charge in [-0.25, -0.2) is 0 Å². The van der Waals surface area contributed by atoms with Crippen LogP contribution in [0.1, 0.15) is 24.3 Å². The Morgan fingerprint density at radius 1 is 0.897 bits per heavy atom. The second-order valence-electron chi connectivity index (χ2n) is 7.87. The van der Waals surface area contributed by atoms with Crippen molar-refractivity contribution in [3.05, 3.63) is 84.3 Å². The Morgan fingerprint density at radius 2 is 1.69 bits per heavy atom. The van der Waals surface area contributed by atoms with E-state index in [1.54, 1.807) is 0 Å². The van der Waals surface area contributed by atoms with Crippen LogP contribution in [0.5, 0.6) is 0 Å². The maximum Gasteiger partial charge on any atom is 0.377 e. The minimum atomic E-state index is 0.954. The number of fused-ring (bicyclic) bond motifs is 3. The molecule has 0 bridgehead atoms. The minimum absolute atomic E-state index is 0.954. The van der Waals surface area contributed by atoms with E-state index in [1.807, 2.05) is 0 Å². The fourth-order valence-corrected chi connectivity index (χ4v) is 4.09. The molecule has 1 aromatic heterocycles. The highest BCUT2D eigenvalue weighted by Crippen LogP contribution is 2.31. The van der Waals surface area contributed by atoms with Crippen molar-refractivity contribution in [1.82, 2.24) is 0 Å². The molecular weight excluding hydrogens is 356 g/mol. The molecule has 29 heavy (non-hydrogen) atoms. The van der Waals surface area contributed by atoms with E-state index in [-0.39, 0.29) is 0 Å². The molecule has 0 unspecified atom stereocenters. The molecule has 0 radical (unpaired) electrons. The van der Waals surface area contributed by atoms with Crippen LogP contribution < -0.4 is 9.47 Å². The van der Waals surface area contributed by atoms with Gasteiger partial charge < -0.3 is 9.32 Å². The lowest BCUT2D eigenvalue weighted by Crippen LogP contribution is -2.39. The van der Waals surface area contributed by atoms with Gasteiger partial charge in [0.2, 0.25) is 5.58 Å². The van der Waals surface area contributed by atoms with Gasteiger partial charge in [0, 0.05) is 32.3 Å². The molecule has 1 aliphatic rings. The Balaban J connectivity index is 1.56. The van der Waals surface area contributed by atoms with E-state index in [0.717, 1.165) is 30.9 Å². The second-order valence-corrected chi connectivity index (χ2v) is 7.87. The van der Waals surface area contributed by atoms with Crippen LogP contribution in [0.2, 0.25) is 0 Å².